The van der Waals surface area contributed by atoms with E-state index < -0.39 is 0 Å². The van der Waals surface area contributed by atoms with Crippen LogP contribution in [0.3, 0.4) is 0 Å². The standard InChI is InChI=1S/C15H22N2O2/c1-10(2)17-15(19)9-16-14-5-3-4-11-6-7-12(18)8-13(11)14/h6-8,10,14,16,18H,3-5,9H2,1-2H3,(H,17,19). The molecular weight excluding hydrogens is 240 g/mol. The Kier molecular flexibility index (Phi) is 4.43. The Morgan fingerprint density at radius 2 is 2.26 bits per heavy atom. The highest BCUT2D eigenvalue weighted by Crippen LogP contribution is 2.31. The number of phenols is 1. The van der Waals surface area contributed by atoms with Crippen LogP contribution >= 0.6 is 0 Å². The first-order chi connectivity index (χ1) is 9.06. The van der Waals surface area contributed by atoms with Crippen LogP contribution in [-0.4, -0.2) is 23.6 Å². The third-order valence-electron chi connectivity index (χ3n) is 3.40. The van der Waals surface area contributed by atoms with Crippen LogP contribution in [0.15, 0.2) is 18.2 Å². The summed E-state index contributed by atoms with van der Waals surface area (Å²) >= 11 is 0. The van der Waals surface area contributed by atoms with Crippen molar-refractivity contribution >= 4 is 5.91 Å². The van der Waals surface area contributed by atoms with Crippen molar-refractivity contribution in [3.63, 3.8) is 0 Å². The van der Waals surface area contributed by atoms with Crippen molar-refractivity contribution < 1.29 is 9.90 Å². The van der Waals surface area contributed by atoms with Crippen molar-refractivity contribution in [3.8, 4) is 5.75 Å². The Bertz CT molecular complexity index is 457. The van der Waals surface area contributed by atoms with Gasteiger partial charge in [0.2, 0.25) is 5.91 Å². The van der Waals surface area contributed by atoms with Gasteiger partial charge in [-0.1, -0.05) is 6.07 Å². The van der Waals surface area contributed by atoms with Gasteiger partial charge >= 0.3 is 0 Å². The lowest BCUT2D eigenvalue weighted by Crippen LogP contribution is -2.39. The van der Waals surface area contributed by atoms with Crippen molar-refractivity contribution in [2.75, 3.05) is 6.54 Å². The van der Waals surface area contributed by atoms with Crippen LogP contribution in [0, 0.1) is 0 Å². The highest BCUT2D eigenvalue weighted by atomic mass is 16.3. The minimum Gasteiger partial charge on any atom is -0.508 e. The molecule has 1 aliphatic carbocycles. The van der Waals surface area contributed by atoms with Gasteiger partial charge in [-0.05, 0) is 56.4 Å². The van der Waals surface area contributed by atoms with Gasteiger partial charge in [0.1, 0.15) is 5.75 Å². The van der Waals surface area contributed by atoms with Gasteiger partial charge in [-0.15, -0.1) is 0 Å². The third kappa shape index (κ3) is 3.70. The number of aromatic hydroxyl groups is 1. The first-order valence-electron chi connectivity index (χ1n) is 6.91. The molecule has 0 aromatic heterocycles. The molecule has 104 valence electrons. The van der Waals surface area contributed by atoms with Crippen molar-refractivity contribution in [1.29, 1.82) is 0 Å². The van der Waals surface area contributed by atoms with E-state index in [2.05, 4.69) is 10.6 Å². The smallest absolute Gasteiger partial charge is 0.234 e. The Balaban J connectivity index is 1.99. The molecular formula is C15H22N2O2. The zero-order chi connectivity index (χ0) is 13.8. The quantitative estimate of drug-likeness (QED) is 0.776. The molecule has 0 bridgehead atoms. The molecule has 1 atom stereocenters. The minimum absolute atomic E-state index is 0.0160. The van der Waals surface area contributed by atoms with Crippen molar-refractivity contribution in [1.82, 2.24) is 10.6 Å². The molecule has 0 spiro atoms. The number of hydrogen-bond acceptors (Lipinski definition) is 3. The molecule has 3 N–H and O–H groups in total. The summed E-state index contributed by atoms with van der Waals surface area (Å²) in [6.07, 6.45) is 3.17. The number of nitrogens with one attached hydrogen (secondary N) is 2. The predicted octanol–water partition coefficient (Wildman–Crippen LogP) is 1.88. The number of amides is 1. The van der Waals surface area contributed by atoms with E-state index >= 15 is 0 Å². The second-order valence-corrected chi connectivity index (χ2v) is 5.43. The SMILES string of the molecule is CC(C)NC(=O)CNC1CCCc2ccc(O)cc21. The van der Waals surface area contributed by atoms with Gasteiger partial charge in [0.25, 0.3) is 0 Å². The number of phenolic OH excluding ortho intramolecular Hbond substituents is 1. The number of carbonyl (C=O) groups excluding carboxylic acids is 1. The molecule has 0 saturated heterocycles. The maximum atomic E-state index is 11.7. The van der Waals surface area contributed by atoms with Crippen molar-refractivity contribution in [2.24, 2.45) is 0 Å². The normalized spacial score (nSPS) is 18.2. The maximum Gasteiger partial charge on any atom is 0.234 e. The number of rotatable bonds is 4. The number of fused-ring (bicyclic) bond motifs is 1. The van der Waals surface area contributed by atoms with Gasteiger partial charge in [-0.3, -0.25) is 4.79 Å². The second-order valence-electron chi connectivity index (χ2n) is 5.43. The molecule has 19 heavy (non-hydrogen) atoms. The monoisotopic (exact) mass is 262 g/mol. The predicted molar refractivity (Wildman–Crippen MR) is 75.1 cm³/mol. The molecule has 2 rings (SSSR count). The summed E-state index contributed by atoms with van der Waals surface area (Å²) in [6, 6.07) is 5.84. The van der Waals surface area contributed by atoms with E-state index in [0.29, 0.717) is 12.3 Å². The maximum absolute atomic E-state index is 11.7. The van der Waals surface area contributed by atoms with Gasteiger partial charge in [0, 0.05) is 12.1 Å². The minimum atomic E-state index is 0.0160. The van der Waals surface area contributed by atoms with Crippen LogP contribution in [0.4, 0.5) is 0 Å². The lowest BCUT2D eigenvalue weighted by atomic mass is 9.87. The topological polar surface area (TPSA) is 61.4 Å². The van der Waals surface area contributed by atoms with E-state index in [-0.39, 0.29) is 18.0 Å². The van der Waals surface area contributed by atoms with Crippen LogP contribution in [0.1, 0.15) is 43.9 Å². The summed E-state index contributed by atoms with van der Waals surface area (Å²) in [5.74, 6) is 0.307. The van der Waals surface area contributed by atoms with E-state index in [1.54, 1.807) is 6.07 Å². The summed E-state index contributed by atoms with van der Waals surface area (Å²) in [5.41, 5.74) is 2.40. The van der Waals surface area contributed by atoms with Crippen LogP contribution < -0.4 is 10.6 Å². The first-order valence-corrected chi connectivity index (χ1v) is 6.91. The van der Waals surface area contributed by atoms with E-state index in [4.69, 9.17) is 0 Å². The van der Waals surface area contributed by atoms with Gasteiger partial charge < -0.3 is 15.7 Å². The molecule has 1 amide bonds. The average molecular weight is 262 g/mol. The molecule has 1 aromatic carbocycles. The van der Waals surface area contributed by atoms with Crippen molar-refractivity contribution in [3.05, 3.63) is 29.3 Å². The Hall–Kier alpha value is -1.55. The van der Waals surface area contributed by atoms with Crippen LogP contribution in [-0.2, 0) is 11.2 Å². The zero-order valence-corrected chi connectivity index (χ0v) is 11.6. The summed E-state index contributed by atoms with van der Waals surface area (Å²) < 4.78 is 0. The summed E-state index contributed by atoms with van der Waals surface area (Å²) in [4.78, 5) is 11.7. The number of benzene rings is 1. The fraction of sp³-hybridized carbons (Fsp3) is 0.533. The second kappa shape index (κ2) is 6.06. The number of hydrogen-bond donors (Lipinski definition) is 3. The fourth-order valence-corrected chi connectivity index (χ4v) is 2.59. The largest absolute Gasteiger partial charge is 0.508 e. The molecule has 4 nitrogen and oxygen atoms in total. The Morgan fingerprint density at radius 3 is 3.00 bits per heavy atom. The molecule has 0 radical (unpaired) electrons. The van der Waals surface area contributed by atoms with Crippen molar-refractivity contribution in [2.45, 2.75) is 45.2 Å². The Labute approximate surface area is 114 Å². The van der Waals surface area contributed by atoms with Crippen LogP contribution in [0.2, 0.25) is 0 Å². The van der Waals surface area contributed by atoms with Gasteiger partial charge in [0.15, 0.2) is 0 Å². The van der Waals surface area contributed by atoms with Crippen LogP contribution in [0.5, 0.6) is 5.75 Å². The molecule has 0 aliphatic heterocycles. The number of aryl methyl sites for hydroxylation is 1. The molecule has 0 heterocycles. The van der Waals surface area contributed by atoms with E-state index in [9.17, 15) is 9.90 Å². The highest BCUT2D eigenvalue weighted by Gasteiger charge is 2.20. The average Bonchev–Trinajstić information content (AvgIpc) is 2.35. The van der Waals surface area contributed by atoms with Gasteiger partial charge in [0.05, 0.1) is 6.54 Å². The van der Waals surface area contributed by atoms with E-state index in [1.165, 1.54) is 5.56 Å². The lowest BCUT2D eigenvalue weighted by Gasteiger charge is -2.26. The fourth-order valence-electron chi connectivity index (χ4n) is 2.59. The van der Waals surface area contributed by atoms with E-state index in [1.807, 2.05) is 26.0 Å². The van der Waals surface area contributed by atoms with Gasteiger partial charge in [-0.2, -0.15) is 0 Å². The summed E-state index contributed by atoms with van der Waals surface area (Å²) in [6.45, 7) is 4.22. The molecule has 4 heteroatoms. The summed E-state index contributed by atoms with van der Waals surface area (Å²) in [5, 5.41) is 15.7. The zero-order valence-electron chi connectivity index (χ0n) is 11.6. The summed E-state index contributed by atoms with van der Waals surface area (Å²) in [7, 11) is 0. The van der Waals surface area contributed by atoms with Gasteiger partial charge in [-0.25, -0.2) is 0 Å². The highest BCUT2D eigenvalue weighted by molar-refractivity contribution is 5.78. The molecule has 0 saturated carbocycles. The van der Waals surface area contributed by atoms with Crippen LogP contribution in [0.25, 0.3) is 0 Å². The number of carbonyl (C=O) groups is 1. The third-order valence-corrected chi connectivity index (χ3v) is 3.40. The molecule has 1 aromatic rings. The lowest BCUT2D eigenvalue weighted by molar-refractivity contribution is -0.120. The van der Waals surface area contributed by atoms with E-state index in [0.717, 1.165) is 24.8 Å². The first kappa shape index (κ1) is 13.9. The molecule has 1 aliphatic rings. The Morgan fingerprint density at radius 1 is 1.47 bits per heavy atom. The molecule has 1 unspecified atom stereocenters. The molecule has 0 fully saturated rings.